The average Bonchev–Trinajstić information content (AvgIpc) is 2.81. The van der Waals surface area contributed by atoms with Crippen molar-refractivity contribution in [3.63, 3.8) is 0 Å². The van der Waals surface area contributed by atoms with Crippen LogP contribution in [0.25, 0.3) is 0 Å². The van der Waals surface area contributed by atoms with Gasteiger partial charge in [0.05, 0.1) is 0 Å². The molecule has 2 rings (SSSR count). The van der Waals surface area contributed by atoms with Crippen LogP contribution in [0.4, 0.5) is 0 Å². The summed E-state index contributed by atoms with van der Waals surface area (Å²) in [6, 6.07) is 0.138. The molecular weight excluding hydrogens is 251 g/mol. The van der Waals surface area contributed by atoms with Crippen molar-refractivity contribution in [2.45, 2.75) is 43.6 Å². The molecule has 1 aliphatic heterocycles. The van der Waals surface area contributed by atoms with E-state index in [9.17, 15) is 9.90 Å². The van der Waals surface area contributed by atoms with Crippen molar-refractivity contribution in [2.75, 3.05) is 6.54 Å². The summed E-state index contributed by atoms with van der Waals surface area (Å²) in [6.07, 6.45) is 2.13. The highest BCUT2D eigenvalue weighted by Gasteiger charge is 2.58. The van der Waals surface area contributed by atoms with Gasteiger partial charge in [-0.3, -0.25) is 4.79 Å². The lowest BCUT2D eigenvalue weighted by molar-refractivity contribution is -0.146. The molecule has 0 aromatic heterocycles. The van der Waals surface area contributed by atoms with Crippen molar-refractivity contribution in [1.82, 2.24) is 5.32 Å². The molecule has 0 aromatic rings. The monoisotopic (exact) mass is 273 g/mol. The van der Waals surface area contributed by atoms with E-state index < -0.39 is 18.3 Å². The molecule has 1 saturated heterocycles. The molecule has 0 amide bonds. The topological polar surface area (TPSA) is 136 Å². The fourth-order valence-electron chi connectivity index (χ4n) is 3.72. The summed E-state index contributed by atoms with van der Waals surface area (Å²) in [6.45, 7) is -2.50. The Bertz CT molecular complexity index is 361. The minimum Gasteiger partial charge on any atom is -0.560 e. The van der Waals surface area contributed by atoms with Crippen molar-refractivity contribution >= 4 is 12.7 Å². The fourth-order valence-corrected chi connectivity index (χ4v) is 3.72. The molecule has 0 radical (unpaired) electrons. The summed E-state index contributed by atoms with van der Waals surface area (Å²) >= 11 is 0. The zero-order valence-electron chi connectivity index (χ0n) is 10.8. The van der Waals surface area contributed by atoms with E-state index in [0.29, 0.717) is 19.3 Å². The summed E-state index contributed by atoms with van der Waals surface area (Å²) in [5, 5.41) is 39.4. The first-order valence-electron chi connectivity index (χ1n) is 6.84. The Morgan fingerprint density at radius 3 is 2.68 bits per heavy atom. The second-order valence-corrected chi connectivity index (χ2v) is 5.95. The van der Waals surface area contributed by atoms with Gasteiger partial charge in [0.2, 0.25) is 0 Å². The van der Waals surface area contributed by atoms with Crippen molar-refractivity contribution in [2.24, 2.45) is 17.6 Å². The molecule has 0 unspecified atom stereocenters. The highest BCUT2D eigenvalue weighted by Crippen LogP contribution is 2.45. The van der Waals surface area contributed by atoms with Gasteiger partial charge in [-0.2, -0.15) is 0 Å². The van der Waals surface area contributed by atoms with Crippen LogP contribution in [0.15, 0.2) is 0 Å². The molecular formula is C11H22BN2O5-. The maximum atomic E-state index is 11.5. The minimum atomic E-state index is -3.29. The molecule has 4 atom stereocenters. The summed E-state index contributed by atoms with van der Waals surface area (Å²) in [5.41, 5.74) is 4.91. The fraction of sp³-hybridized carbons (Fsp3) is 0.909. The first-order valence-corrected chi connectivity index (χ1v) is 6.84. The van der Waals surface area contributed by atoms with Crippen LogP contribution >= 0.6 is 0 Å². The molecule has 0 bridgehead atoms. The molecule has 19 heavy (non-hydrogen) atoms. The van der Waals surface area contributed by atoms with E-state index in [0.717, 1.165) is 13.0 Å². The van der Waals surface area contributed by atoms with E-state index in [1.165, 1.54) is 0 Å². The van der Waals surface area contributed by atoms with E-state index in [1.54, 1.807) is 0 Å². The zero-order valence-corrected chi connectivity index (χ0v) is 10.8. The third-order valence-corrected chi connectivity index (χ3v) is 4.69. The number of carboxylic acids is 1. The first-order chi connectivity index (χ1) is 8.75. The number of carbonyl (C=O) groups is 1. The van der Waals surface area contributed by atoms with Crippen LogP contribution in [0.5, 0.6) is 0 Å². The van der Waals surface area contributed by atoms with E-state index in [1.807, 2.05) is 0 Å². The number of hydrogen-bond donors (Lipinski definition) is 6. The highest BCUT2D eigenvalue weighted by molar-refractivity contribution is 6.56. The van der Waals surface area contributed by atoms with Gasteiger partial charge in [-0.25, -0.2) is 0 Å². The maximum Gasteiger partial charge on any atom is 0.371 e. The number of hydrogen-bond acceptors (Lipinski definition) is 6. The van der Waals surface area contributed by atoms with Crippen LogP contribution in [0.2, 0.25) is 6.32 Å². The molecule has 110 valence electrons. The van der Waals surface area contributed by atoms with E-state index in [4.69, 9.17) is 20.8 Å². The van der Waals surface area contributed by atoms with E-state index in [-0.39, 0.29) is 24.2 Å². The van der Waals surface area contributed by atoms with Crippen LogP contribution in [0.3, 0.4) is 0 Å². The molecule has 8 heteroatoms. The number of nitrogens with one attached hydrogen (secondary N) is 1. The number of rotatable bonds is 5. The lowest BCUT2D eigenvalue weighted by atomic mass is 9.71. The van der Waals surface area contributed by atoms with E-state index >= 15 is 0 Å². The lowest BCUT2D eigenvalue weighted by Crippen LogP contribution is -2.56. The van der Waals surface area contributed by atoms with Gasteiger partial charge < -0.3 is 31.2 Å². The molecule has 2 fully saturated rings. The molecule has 1 saturated carbocycles. The first kappa shape index (κ1) is 14.7. The largest absolute Gasteiger partial charge is 0.560 e. The Morgan fingerprint density at radius 1 is 1.42 bits per heavy atom. The van der Waals surface area contributed by atoms with Gasteiger partial charge in [-0.15, -0.1) is 0 Å². The second-order valence-electron chi connectivity index (χ2n) is 5.95. The summed E-state index contributed by atoms with van der Waals surface area (Å²) in [7, 11) is 0. The van der Waals surface area contributed by atoms with Gasteiger partial charge in [0.1, 0.15) is 5.54 Å². The normalized spacial score (nSPS) is 38.4. The van der Waals surface area contributed by atoms with Crippen LogP contribution in [0.1, 0.15) is 25.7 Å². The Balaban J connectivity index is 2.01. The molecule has 2 aliphatic rings. The molecule has 1 aliphatic carbocycles. The molecule has 7 N–H and O–H groups in total. The van der Waals surface area contributed by atoms with Gasteiger partial charge in [-0.1, -0.05) is 19.2 Å². The summed E-state index contributed by atoms with van der Waals surface area (Å²) < 4.78 is 0. The van der Waals surface area contributed by atoms with Gasteiger partial charge in [0.15, 0.2) is 0 Å². The Hall–Kier alpha value is -0.665. The molecule has 7 nitrogen and oxygen atoms in total. The van der Waals surface area contributed by atoms with Crippen LogP contribution in [-0.2, 0) is 4.79 Å². The van der Waals surface area contributed by atoms with Crippen LogP contribution in [0, 0.1) is 11.8 Å². The molecule has 1 heterocycles. The predicted molar refractivity (Wildman–Crippen MR) is 69.0 cm³/mol. The Morgan fingerprint density at radius 2 is 2.11 bits per heavy atom. The number of aliphatic carboxylic acids is 1. The van der Waals surface area contributed by atoms with Crippen LogP contribution in [-0.4, -0.2) is 51.0 Å². The number of fused-ring (bicyclic) bond motifs is 1. The minimum absolute atomic E-state index is 0.0670. The standard InChI is InChI=1S/C11H22BN2O5/c13-11(10(15)16)7(2-1-4-12(17,18)19)6-9-8(11)3-5-14-9/h7-9,14,17-19H,1-6,13H2,(H,15,16)/q-1/t7-,8+,9+,11+/m0/s1. The second kappa shape index (κ2) is 5.03. The van der Waals surface area contributed by atoms with Gasteiger partial charge in [-0.05, 0) is 25.3 Å². The quantitative estimate of drug-likeness (QED) is 0.334. The third kappa shape index (κ3) is 2.77. The SMILES string of the molecule is N[C@]1(C(=O)O)[C@@H](CCC[B-](O)(O)O)C[C@H]2NCC[C@H]21. The Kier molecular flexibility index (Phi) is 3.90. The predicted octanol–water partition coefficient (Wildman–Crippen LogP) is -1.54. The maximum absolute atomic E-state index is 11.5. The number of nitrogens with two attached hydrogens (primary N) is 1. The van der Waals surface area contributed by atoms with Gasteiger partial charge in [0.25, 0.3) is 0 Å². The Labute approximate surface area is 111 Å². The van der Waals surface area contributed by atoms with Crippen LogP contribution < -0.4 is 11.1 Å². The lowest BCUT2D eigenvalue weighted by Gasteiger charge is -2.32. The number of carboxylic acid groups (broad SMARTS) is 1. The highest BCUT2D eigenvalue weighted by atomic mass is 16.5. The zero-order chi connectivity index (χ0) is 14.3. The van der Waals surface area contributed by atoms with Crippen molar-refractivity contribution in [3.05, 3.63) is 0 Å². The molecule has 0 spiro atoms. The van der Waals surface area contributed by atoms with Crippen molar-refractivity contribution < 1.29 is 25.0 Å². The summed E-state index contributed by atoms with van der Waals surface area (Å²) in [5.74, 6) is -1.25. The average molecular weight is 273 g/mol. The van der Waals surface area contributed by atoms with Gasteiger partial charge >= 0.3 is 12.7 Å². The third-order valence-electron chi connectivity index (χ3n) is 4.69. The van der Waals surface area contributed by atoms with Crippen molar-refractivity contribution in [1.29, 1.82) is 0 Å². The van der Waals surface area contributed by atoms with Crippen molar-refractivity contribution in [3.8, 4) is 0 Å². The van der Waals surface area contributed by atoms with Gasteiger partial charge in [0, 0.05) is 12.0 Å². The van der Waals surface area contributed by atoms with E-state index in [2.05, 4.69) is 5.32 Å². The summed E-state index contributed by atoms with van der Waals surface area (Å²) in [4.78, 5) is 11.5. The molecule has 0 aromatic carbocycles. The smallest absolute Gasteiger partial charge is 0.371 e.